The predicted octanol–water partition coefficient (Wildman–Crippen LogP) is 0.333. The highest BCUT2D eigenvalue weighted by Gasteiger charge is 2.16. The molecule has 17 heavy (non-hydrogen) atoms. The van der Waals surface area contributed by atoms with Crippen LogP contribution in [-0.2, 0) is 23.1 Å². The number of carbonyl (C=O) groups is 1. The lowest BCUT2D eigenvalue weighted by Crippen LogP contribution is -2.22. The van der Waals surface area contributed by atoms with Crippen molar-refractivity contribution in [3.8, 4) is 0 Å². The molecule has 0 aliphatic carbocycles. The Balaban J connectivity index is 2.63. The van der Waals surface area contributed by atoms with Crippen LogP contribution < -0.4 is 5.32 Å². The molecule has 0 spiro atoms. The first-order valence-electron chi connectivity index (χ1n) is 5.58. The van der Waals surface area contributed by atoms with Crippen molar-refractivity contribution < 1.29 is 14.3 Å². The lowest BCUT2D eigenvalue weighted by Gasteiger charge is -2.07. The number of nitrogens with one attached hydrogen (secondary N) is 1. The molecule has 0 bridgehead atoms. The van der Waals surface area contributed by atoms with Gasteiger partial charge in [0.25, 0.3) is 0 Å². The molecule has 0 amide bonds. The van der Waals surface area contributed by atoms with E-state index in [1.807, 2.05) is 0 Å². The first kappa shape index (κ1) is 13.7. The molecule has 1 aromatic heterocycles. The second-order valence-electron chi connectivity index (χ2n) is 3.52. The minimum absolute atomic E-state index is 0.329. The van der Waals surface area contributed by atoms with Gasteiger partial charge >= 0.3 is 5.97 Å². The summed E-state index contributed by atoms with van der Waals surface area (Å²) in [4.78, 5) is 11.6. The normalized spacial score (nSPS) is 10.5. The predicted molar refractivity (Wildman–Crippen MR) is 62.7 cm³/mol. The molecule has 6 heteroatoms. The topological polar surface area (TPSA) is 65.4 Å². The van der Waals surface area contributed by atoms with Crippen LogP contribution in [0.15, 0.2) is 6.20 Å². The molecular formula is C11H19N3O3. The van der Waals surface area contributed by atoms with Gasteiger partial charge in [-0.2, -0.15) is 5.10 Å². The first-order chi connectivity index (χ1) is 8.20. The monoisotopic (exact) mass is 241 g/mol. The van der Waals surface area contributed by atoms with E-state index in [4.69, 9.17) is 9.47 Å². The van der Waals surface area contributed by atoms with Crippen LogP contribution in [0.3, 0.4) is 0 Å². The number of aryl methyl sites for hydroxylation is 1. The lowest BCUT2D eigenvalue weighted by atomic mass is 10.2. The molecule has 1 aromatic rings. The van der Waals surface area contributed by atoms with Crippen LogP contribution in [0.1, 0.15) is 23.0 Å². The van der Waals surface area contributed by atoms with Crippen molar-refractivity contribution in [1.82, 2.24) is 15.1 Å². The van der Waals surface area contributed by atoms with Gasteiger partial charge in [-0.05, 0) is 6.92 Å². The zero-order valence-corrected chi connectivity index (χ0v) is 10.5. The Kier molecular flexibility index (Phi) is 5.65. The van der Waals surface area contributed by atoms with E-state index in [9.17, 15) is 4.79 Å². The molecule has 0 aliphatic rings. The van der Waals surface area contributed by atoms with Crippen LogP contribution in [0.2, 0.25) is 0 Å². The van der Waals surface area contributed by atoms with E-state index in [-0.39, 0.29) is 5.97 Å². The summed E-state index contributed by atoms with van der Waals surface area (Å²) in [5, 5.41) is 7.24. The molecule has 1 N–H and O–H groups in total. The van der Waals surface area contributed by atoms with Crippen LogP contribution in [0, 0.1) is 0 Å². The fraction of sp³-hybridized carbons (Fsp3) is 0.636. The summed E-state index contributed by atoms with van der Waals surface area (Å²) in [5.74, 6) is -0.329. The molecule has 0 aromatic carbocycles. The number of ether oxygens (including phenoxy) is 2. The average Bonchev–Trinajstić information content (AvgIpc) is 2.67. The minimum Gasteiger partial charge on any atom is -0.462 e. The van der Waals surface area contributed by atoms with Crippen molar-refractivity contribution >= 4 is 5.97 Å². The number of hydrogen-bond donors (Lipinski definition) is 1. The molecule has 0 unspecified atom stereocenters. The number of nitrogens with zero attached hydrogens (tertiary/aromatic N) is 2. The smallest absolute Gasteiger partial charge is 0.341 e. The van der Waals surface area contributed by atoms with Gasteiger partial charge in [0.15, 0.2) is 0 Å². The molecule has 1 rings (SSSR count). The van der Waals surface area contributed by atoms with Gasteiger partial charge in [-0.15, -0.1) is 0 Å². The van der Waals surface area contributed by atoms with Gasteiger partial charge in [-0.25, -0.2) is 4.79 Å². The molecule has 1 heterocycles. The summed E-state index contributed by atoms with van der Waals surface area (Å²) in [6.45, 7) is 4.07. The van der Waals surface area contributed by atoms with E-state index in [2.05, 4.69) is 10.4 Å². The summed E-state index contributed by atoms with van der Waals surface area (Å²) in [7, 11) is 3.45. The molecule has 0 atom stereocenters. The summed E-state index contributed by atoms with van der Waals surface area (Å²) in [6, 6.07) is 0. The second kappa shape index (κ2) is 7.03. The van der Waals surface area contributed by atoms with Crippen molar-refractivity contribution in [3.63, 3.8) is 0 Å². The molecule has 6 nitrogen and oxygen atoms in total. The van der Waals surface area contributed by atoms with E-state index in [0.717, 1.165) is 12.2 Å². The first-order valence-corrected chi connectivity index (χ1v) is 5.58. The van der Waals surface area contributed by atoms with Gasteiger partial charge in [0, 0.05) is 27.2 Å². The number of methoxy groups -OCH3 is 1. The zero-order chi connectivity index (χ0) is 12.7. The Morgan fingerprint density at radius 1 is 1.59 bits per heavy atom. The zero-order valence-electron chi connectivity index (χ0n) is 10.5. The maximum absolute atomic E-state index is 11.6. The molecular weight excluding hydrogens is 222 g/mol. The highest BCUT2D eigenvalue weighted by atomic mass is 16.5. The van der Waals surface area contributed by atoms with Crippen LogP contribution in [-0.4, -0.2) is 42.6 Å². The van der Waals surface area contributed by atoms with Gasteiger partial charge in [0.05, 0.1) is 25.1 Å². The van der Waals surface area contributed by atoms with Crippen LogP contribution in [0.25, 0.3) is 0 Å². The molecule has 0 radical (unpaired) electrons. The number of aromatic nitrogens is 2. The number of hydrogen-bond acceptors (Lipinski definition) is 5. The highest BCUT2D eigenvalue weighted by Crippen LogP contribution is 2.08. The minimum atomic E-state index is -0.329. The van der Waals surface area contributed by atoms with E-state index < -0.39 is 0 Å². The largest absolute Gasteiger partial charge is 0.462 e. The molecule has 0 saturated carbocycles. The van der Waals surface area contributed by atoms with Crippen LogP contribution >= 0.6 is 0 Å². The van der Waals surface area contributed by atoms with Gasteiger partial charge < -0.3 is 14.8 Å². The Morgan fingerprint density at radius 2 is 2.35 bits per heavy atom. The maximum Gasteiger partial charge on any atom is 0.341 e. The van der Waals surface area contributed by atoms with E-state index in [1.165, 1.54) is 6.20 Å². The van der Waals surface area contributed by atoms with Gasteiger partial charge in [-0.3, -0.25) is 4.68 Å². The summed E-state index contributed by atoms with van der Waals surface area (Å²) in [5.41, 5.74) is 1.33. The summed E-state index contributed by atoms with van der Waals surface area (Å²) < 4.78 is 11.6. The molecule has 0 aliphatic heterocycles. The van der Waals surface area contributed by atoms with Crippen molar-refractivity contribution in [1.29, 1.82) is 0 Å². The van der Waals surface area contributed by atoms with E-state index >= 15 is 0 Å². The average molecular weight is 241 g/mol. The third-order valence-corrected chi connectivity index (χ3v) is 2.33. The number of esters is 1. The Hall–Kier alpha value is -1.40. The Bertz CT molecular complexity index is 363. The maximum atomic E-state index is 11.6. The fourth-order valence-corrected chi connectivity index (χ4v) is 1.43. The van der Waals surface area contributed by atoms with Crippen molar-refractivity contribution in [2.75, 3.05) is 26.9 Å². The Labute approximate surface area is 101 Å². The van der Waals surface area contributed by atoms with Gasteiger partial charge in [-0.1, -0.05) is 0 Å². The van der Waals surface area contributed by atoms with Crippen molar-refractivity contribution in [2.45, 2.75) is 13.5 Å². The summed E-state index contributed by atoms with van der Waals surface area (Å²) in [6.07, 6.45) is 1.53. The SMILES string of the molecule is CCOC(=O)c1cnn(C)c1CNCCOC. The highest BCUT2D eigenvalue weighted by molar-refractivity contribution is 5.90. The van der Waals surface area contributed by atoms with Gasteiger partial charge in [0.2, 0.25) is 0 Å². The van der Waals surface area contributed by atoms with Crippen molar-refractivity contribution in [2.24, 2.45) is 7.05 Å². The molecule has 96 valence electrons. The fourth-order valence-electron chi connectivity index (χ4n) is 1.43. The standard InChI is InChI=1S/C11H19N3O3/c1-4-17-11(15)9-7-13-14(2)10(9)8-12-5-6-16-3/h7,12H,4-6,8H2,1-3H3. The molecule has 0 saturated heterocycles. The number of rotatable bonds is 7. The summed E-state index contributed by atoms with van der Waals surface area (Å²) >= 11 is 0. The Morgan fingerprint density at radius 3 is 3.00 bits per heavy atom. The third kappa shape index (κ3) is 3.83. The van der Waals surface area contributed by atoms with Crippen LogP contribution in [0.5, 0.6) is 0 Å². The van der Waals surface area contributed by atoms with E-state index in [1.54, 1.807) is 25.8 Å². The lowest BCUT2D eigenvalue weighted by molar-refractivity contribution is 0.0524. The quantitative estimate of drug-likeness (QED) is 0.550. The number of carbonyl (C=O) groups excluding carboxylic acids is 1. The second-order valence-corrected chi connectivity index (χ2v) is 3.52. The van der Waals surface area contributed by atoms with Crippen molar-refractivity contribution in [3.05, 3.63) is 17.5 Å². The molecule has 0 fully saturated rings. The van der Waals surface area contributed by atoms with Crippen LogP contribution in [0.4, 0.5) is 0 Å². The third-order valence-electron chi connectivity index (χ3n) is 2.33. The van der Waals surface area contributed by atoms with E-state index in [0.29, 0.717) is 25.3 Å². The van der Waals surface area contributed by atoms with Gasteiger partial charge in [0.1, 0.15) is 5.56 Å².